The van der Waals surface area contributed by atoms with Crippen molar-refractivity contribution in [3.05, 3.63) is 34.6 Å². The number of nitrogens with two attached hydrogens (primary N) is 1. The topological polar surface area (TPSA) is 101 Å². The number of aryl methyl sites for hydroxylation is 2. The van der Waals surface area contributed by atoms with Crippen molar-refractivity contribution in [2.75, 3.05) is 10.5 Å². The number of H-pyrrole nitrogens is 1. The van der Waals surface area contributed by atoms with E-state index in [4.69, 9.17) is 17.3 Å². The van der Waals surface area contributed by atoms with Crippen LogP contribution in [0.15, 0.2) is 23.1 Å². The average molecular weight is 301 g/mol. The summed E-state index contributed by atoms with van der Waals surface area (Å²) in [6.07, 6.45) is 0. The summed E-state index contributed by atoms with van der Waals surface area (Å²) in [5.74, 6) is 0. The van der Waals surface area contributed by atoms with Crippen LogP contribution in [0.2, 0.25) is 5.02 Å². The second-order valence-electron chi connectivity index (χ2n) is 4.10. The summed E-state index contributed by atoms with van der Waals surface area (Å²) in [5.41, 5.74) is 7.56. The fourth-order valence-electron chi connectivity index (χ4n) is 1.63. The number of hydrogen-bond donors (Lipinski definition) is 3. The predicted octanol–water partition coefficient (Wildman–Crippen LogP) is 2.06. The van der Waals surface area contributed by atoms with Crippen molar-refractivity contribution in [1.82, 2.24) is 10.2 Å². The normalized spacial score (nSPS) is 11.5. The lowest BCUT2D eigenvalue weighted by molar-refractivity contribution is 0.601. The highest BCUT2D eigenvalue weighted by molar-refractivity contribution is 7.92. The van der Waals surface area contributed by atoms with Crippen molar-refractivity contribution in [1.29, 1.82) is 0 Å². The number of anilines is 2. The molecule has 4 N–H and O–H groups in total. The van der Waals surface area contributed by atoms with Gasteiger partial charge in [-0.15, -0.1) is 0 Å². The maximum Gasteiger partial charge on any atom is 0.263 e. The Morgan fingerprint density at radius 1 is 1.37 bits per heavy atom. The monoisotopic (exact) mass is 300 g/mol. The molecule has 0 radical (unpaired) electrons. The van der Waals surface area contributed by atoms with Crippen LogP contribution in [0.5, 0.6) is 0 Å². The fraction of sp³-hybridized carbons (Fsp3) is 0.182. The van der Waals surface area contributed by atoms with E-state index in [0.717, 1.165) is 0 Å². The highest BCUT2D eigenvalue weighted by Crippen LogP contribution is 2.27. The van der Waals surface area contributed by atoms with Gasteiger partial charge in [-0.3, -0.25) is 9.82 Å². The number of nitrogens with one attached hydrogen (secondary N) is 2. The maximum absolute atomic E-state index is 12.3. The Balaban J connectivity index is 2.44. The molecule has 1 aromatic heterocycles. The quantitative estimate of drug-likeness (QED) is 0.755. The van der Waals surface area contributed by atoms with Gasteiger partial charge >= 0.3 is 0 Å². The molecule has 0 saturated heterocycles. The van der Waals surface area contributed by atoms with Crippen LogP contribution in [0.3, 0.4) is 0 Å². The van der Waals surface area contributed by atoms with Gasteiger partial charge in [0.15, 0.2) is 0 Å². The van der Waals surface area contributed by atoms with Crippen LogP contribution in [-0.2, 0) is 10.0 Å². The summed E-state index contributed by atoms with van der Waals surface area (Å²) in [4.78, 5) is -0.0247. The first-order valence-electron chi connectivity index (χ1n) is 5.40. The molecular weight excluding hydrogens is 288 g/mol. The van der Waals surface area contributed by atoms with E-state index < -0.39 is 10.0 Å². The van der Waals surface area contributed by atoms with Gasteiger partial charge in [0.2, 0.25) is 0 Å². The van der Waals surface area contributed by atoms with Crippen LogP contribution < -0.4 is 10.5 Å². The van der Waals surface area contributed by atoms with Gasteiger partial charge in [0.1, 0.15) is 4.90 Å². The second kappa shape index (κ2) is 4.75. The third-order valence-corrected chi connectivity index (χ3v) is 4.44. The van der Waals surface area contributed by atoms with Crippen LogP contribution in [0, 0.1) is 13.8 Å². The van der Waals surface area contributed by atoms with Crippen molar-refractivity contribution in [3.63, 3.8) is 0 Å². The van der Waals surface area contributed by atoms with E-state index in [0.29, 0.717) is 22.8 Å². The molecule has 0 fully saturated rings. The third-order valence-electron chi connectivity index (χ3n) is 2.61. The fourth-order valence-corrected chi connectivity index (χ4v) is 3.36. The number of aromatic nitrogens is 2. The molecule has 0 saturated carbocycles. The molecule has 6 nitrogen and oxygen atoms in total. The van der Waals surface area contributed by atoms with Gasteiger partial charge in [-0.05, 0) is 32.0 Å². The van der Waals surface area contributed by atoms with Gasteiger partial charge in [-0.1, -0.05) is 11.6 Å². The molecule has 0 aliphatic rings. The number of hydrogen-bond acceptors (Lipinski definition) is 4. The molecular formula is C11H13ClN4O2S. The first-order valence-corrected chi connectivity index (χ1v) is 7.27. The molecule has 0 spiro atoms. The molecule has 1 heterocycles. The molecule has 0 aliphatic heterocycles. The minimum absolute atomic E-state index is 0.0247. The summed E-state index contributed by atoms with van der Waals surface area (Å²) >= 11 is 5.91. The number of aromatic amines is 1. The molecule has 2 rings (SSSR count). The molecule has 8 heteroatoms. The van der Waals surface area contributed by atoms with Crippen molar-refractivity contribution in [3.8, 4) is 0 Å². The molecule has 19 heavy (non-hydrogen) atoms. The predicted molar refractivity (Wildman–Crippen MR) is 74.7 cm³/mol. The summed E-state index contributed by atoms with van der Waals surface area (Å²) in [6, 6.07) is 4.24. The van der Waals surface area contributed by atoms with Gasteiger partial charge < -0.3 is 5.73 Å². The first kappa shape index (κ1) is 13.7. The number of rotatable bonds is 3. The van der Waals surface area contributed by atoms with Gasteiger partial charge in [0.05, 0.1) is 22.1 Å². The number of sulfonamides is 1. The van der Waals surface area contributed by atoms with Gasteiger partial charge in [0.25, 0.3) is 10.0 Å². The number of nitrogen functional groups attached to an aromatic ring is 1. The first-order chi connectivity index (χ1) is 8.81. The third kappa shape index (κ3) is 2.66. The van der Waals surface area contributed by atoms with E-state index in [2.05, 4.69) is 14.9 Å². The maximum atomic E-state index is 12.3. The van der Waals surface area contributed by atoms with Gasteiger partial charge in [0, 0.05) is 5.69 Å². The minimum Gasteiger partial charge on any atom is -0.399 e. The molecule has 0 aliphatic carbocycles. The Hall–Kier alpha value is -1.73. The number of nitrogens with zero attached hydrogens (tertiary/aromatic N) is 1. The van der Waals surface area contributed by atoms with E-state index in [1.165, 1.54) is 18.2 Å². The SMILES string of the molecule is Cc1n[nH]c(C)c1NS(=O)(=O)c1ccc(N)cc1Cl. The Morgan fingerprint density at radius 2 is 2.05 bits per heavy atom. The minimum atomic E-state index is -3.77. The summed E-state index contributed by atoms with van der Waals surface area (Å²) in [7, 11) is -3.77. The average Bonchev–Trinajstić information content (AvgIpc) is 2.60. The molecule has 102 valence electrons. The van der Waals surface area contributed by atoms with Crippen LogP contribution in [0.4, 0.5) is 11.4 Å². The van der Waals surface area contributed by atoms with E-state index in [1.807, 2.05) is 0 Å². The largest absolute Gasteiger partial charge is 0.399 e. The lowest BCUT2D eigenvalue weighted by Crippen LogP contribution is -2.14. The molecule has 0 bridgehead atoms. The number of halogens is 1. The van der Waals surface area contributed by atoms with E-state index in [1.54, 1.807) is 13.8 Å². The molecule has 0 amide bonds. The highest BCUT2D eigenvalue weighted by Gasteiger charge is 2.20. The zero-order chi connectivity index (χ0) is 14.2. The Bertz CT molecular complexity index is 705. The van der Waals surface area contributed by atoms with Gasteiger partial charge in [-0.2, -0.15) is 5.10 Å². The Kier molecular flexibility index (Phi) is 3.42. The van der Waals surface area contributed by atoms with Crippen molar-refractivity contribution in [2.45, 2.75) is 18.7 Å². The molecule has 1 aromatic carbocycles. The van der Waals surface area contributed by atoms with Crippen molar-refractivity contribution >= 4 is 33.0 Å². The standard InChI is InChI=1S/C11H13ClN4O2S/c1-6-11(7(2)15-14-6)16-19(17,18)10-4-3-8(13)5-9(10)12/h3-5,16H,13H2,1-2H3,(H,14,15). The Labute approximate surface area is 116 Å². The molecule has 0 unspecified atom stereocenters. The number of benzene rings is 1. The zero-order valence-corrected chi connectivity index (χ0v) is 11.9. The van der Waals surface area contributed by atoms with Gasteiger partial charge in [-0.25, -0.2) is 8.42 Å². The summed E-state index contributed by atoms with van der Waals surface area (Å²) in [5, 5.41) is 6.71. The highest BCUT2D eigenvalue weighted by atomic mass is 35.5. The summed E-state index contributed by atoms with van der Waals surface area (Å²) in [6.45, 7) is 3.42. The van der Waals surface area contributed by atoms with E-state index in [-0.39, 0.29) is 9.92 Å². The molecule has 0 atom stereocenters. The lowest BCUT2D eigenvalue weighted by Gasteiger charge is -2.10. The van der Waals surface area contributed by atoms with Crippen LogP contribution >= 0.6 is 11.6 Å². The van der Waals surface area contributed by atoms with Crippen LogP contribution in [0.1, 0.15) is 11.4 Å². The zero-order valence-electron chi connectivity index (χ0n) is 10.4. The summed E-state index contributed by atoms with van der Waals surface area (Å²) < 4.78 is 27.0. The second-order valence-corrected chi connectivity index (χ2v) is 6.16. The smallest absolute Gasteiger partial charge is 0.263 e. The van der Waals surface area contributed by atoms with Crippen LogP contribution in [0.25, 0.3) is 0 Å². The van der Waals surface area contributed by atoms with E-state index >= 15 is 0 Å². The lowest BCUT2D eigenvalue weighted by atomic mass is 10.3. The Morgan fingerprint density at radius 3 is 2.58 bits per heavy atom. The van der Waals surface area contributed by atoms with Crippen molar-refractivity contribution < 1.29 is 8.42 Å². The van der Waals surface area contributed by atoms with E-state index in [9.17, 15) is 8.42 Å². The molecule has 2 aromatic rings. The van der Waals surface area contributed by atoms with Crippen LogP contribution in [-0.4, -0.2) is 18.6 Å². The van der Waals surface area contributed by atoms with Crippen molar-refractivity contribution in [2.24, 2.45) is 0 Å².